The second-order valence-corrected chi connectivity index (χ2v) is 4.07. The Labute approximate surface area is 102 Å². The number of esters is 1. The Bertz CT molecular complexity index is 304. The fraction of sp³-hybridized carbons (Fsp3) is 0.727. The summed E-state index contributed by atoms with van der Waals surface area (Å²) in [6.07, 6.45) is 0. The minimum Gasteiger partial charge on any atom is -0.469 e. The molecular formula is C11H20N2O4. The lowest BCUT2D eigenvalue weighted by atomic mass is 10.2. The highest BCUT2D eigenvalue weighted by atomic mass is 16.5. The summed E-state index contributed by atoms with van der Waals surface area (Å²) in [4.78, 5) is 36.6. The van der Waals surface area contributed by atoms with Gasteiger partial charge in [0.25, 0.3) is 0 Å². The first-order valence-corrected chi connectivity index (χ1v) is 5.33. The van der Waals surface area contributed by atoms with Crippen LogP contribution in [-0.2, 0) is 19.1 Å². The van der Waals surface area contributed by atoms with Crippen LogP contribution in [-0.4, -0.2) is 61.9 Å². The Morgan fingerprint density at radius 3 is 2.12 bits per heavy atom. The molecule has 0 aliphatic carbocycles. The lowest BCUT2D eigenvalue weighted by Crippen LogP contribution is -2.41. The lowest BCUT2D eigenvalue weighted by molar-refractivity contribution is -0.146. The number of likely N-dealkylation sites (N-methyl/N-ethyl adjacent to an activating group) is 2. The van der Waals surface area contributed by atoms with Gasteiger partial charge >= 0.3 is 5.97 Å². The van der Waals surface area contributed by atoms with Crippen molar-refractivity contribution in [1.29, 1.82) is 0 Å². The molecule has 0 bridgehead atoms. The summed E-state index contributed by atoms with van der Waals surface area (Å²) in [5.74, 6) is -1.12. The van der Waals surface area contributed by atoms with Gasteiger partial charge in [0.05, 0.1) is 19.6 Å². The SMILES string of the molecule is COC(=O)C(C)CN(C)C(=O)CN(C)C(C)=O. The van der Waals surface area contributed by atoms with Crippen molar-refractivity contribution in [3.63, 3.8) is 0 Å². The van der Waals surface area contributed by atoms with Crippen LogP contribution in [0.2, 0.25) is 0 Å². The molecule has 0 saturated carbocycles. The maximum atomic E-state index is 11.7. The van der Waals surface area contributed by atoms with Crippen LogP contribution in [0.25, 0.3) is 0 Å². The molecule has 1 atom stereocenters. The van der Waals surface area contributed by atoms with E-state index in [9.17, 15) is 14.4 Å². The highest BCUT2D eigenvalue weighted by Crippen LogP contribution is 2.01. The Hall–Kier alpha value is -1.59. The predicted octanol–water partition coefficient (Wildman–Crippen LogP) is -0.268. The van der Waals surface area contributed by atoms with Gasteiger partial charge in [-0.3, -0.25) is 14.4 Å². The minimum absolute atomic E-state index is 0.0136. The van der Waals surface area contributed by atoms with Crippen molar-refractivity contribution in [3.8, 4) is 0 Å². The van der Waals surface area contributed by atoms with Crippen LogP contribution in [0.3, 0.4) is 0 Å². The van der Waals surface area contributed by atoms with Crippen LogP contribution < -0.4 is 0 Å². The van der Waals surface area contributed by atoms with E-state index >= 15 is 0 Å². The van der Waals surface area contributed by atoms with Gasteiger partial charge in [-0.15, -0.1) is 0 Å². The average molecular weight is 244 g/mol. The molecule has 0 aliphatic heterocycles. The van der Waals surface area contributed by atoms with Gasteiger partial charge in [-0.05, 0) is 0 Å². The number of ether oxygens (including phenoxy) is 1. The van der Waals surface area contributed by atoms with E-state index in [0.717, 1.165) is 0 Å². The van der Waals surface area contributed by atoms with Crippen LogP contribution in [0.15, 0.2) is 0 Å². The number of amides is 2. The summed E-state index contributed by atoms with van der Waals surface area (Å²) in [7, 11) is 4.46. The van der Waals surface area contributed by atoms with Gasteiger partial charge in [0, 0.05) is 27.6 Å². The summed E-state index contributed by atoms with van der Waals surface area (Å²) in [6.45, 7) is 3.37. The van der Waals surface area contributed by atoms with Crippen LogP contribution in [0.4, 0.5) is 0 Å². The molecule has 0 aliphatic rings. The van der Waals surface area contributed by atoms with E-state index in [1.165, 1.54) is 23.8 Å². The summed E-state index contributed by atoms with van der Waals surface area (Å²) in [5, 5.41) is 0. The third kappa shape index (κ3) is 5.33. The van der Waals surface area contributed by atoms with E-state index in [2.05, 4.69) is 4.74 Å². The Balaban J connectivity index is 4.23. The van der Waals surface area contributed by atoms with Gasteiger partial charge in [0.2, 0.25) is 11.8 Å². The van der Waals surface area contributed by atoms with E-state index in [4.69, 9.17) is 0 Å². The fourth-order valence-corrected chi connectivity index (χ4v) is 1.22. The van der Waals surface area contributed by atoms with Gasteiger partial charge in [-0.25, -0.2) is 0 Å². The molecule has 1 unspecified atom stereocenters. The third-order valence-electron chi connectivity index (χ3n) is 2.49. The molecule has 0 spiro atoms. The topological polar surface area (TPSA) is 66.9 Å². The lowest BCUT2D eigenvalue weighted by Gasteiger charge is -2.23. The second kappa shape index (κ2) is 6.88. The summed E-state index contributed by atoms with van der Waals surface area (Å²) >= 11 is 0. The Kier molecular flexibility index (Phi) is 6.23. The van der Waals surface area contributed by atoms with E-state index < -0.39 is 0 Å². The normalized spacial score (nSPS) is 11.6. The Morgan fingerprint density at radius 1 is 1.18 bits per heavy atom. The third-order valence-corrected chi connectivity index (χ3v) is 2.49. The zero-order valence-corrected chi connectivity index (χ0v) is 11.0. The monoisotopic (exact) mass is 244 g/mol. The van der Waals surface area contributed by atoms with Gasteiger partial charge < -0.3 is 14.5 Å². The summed E-state index contributed by atoms with van der Waals surface area (Å²) in [5.41, 5.74) is 0. The van der Waals surface area contributed by atoms with Crippen molar-refractivity contribution in [1.82, 2.24) is 9.80 Å². The molecule has 0 radical (unpaired) electrons. The first kappa shape index (κ1) is 15.4. The molecule has 0 aromatic carbocycles. The van der Waals surface area contributed by atoms with E-state index in [1.54, 1.807) is 21.0 Å². The fourth-order valence-electron chi connectivity index (χ4n) is 1.22. The summed E-state index contributed by atoms with van der Waals surface area (Å²) < 4.78 is 4.57. The van der Waals surface area contributed by atoms with Gasteiger partial charge in [0.1, 0.15) is 0 Å². The van der Waals surface area contributed by atoms with Crippen LogP contribution >= 0.6 is 0 Å². The first-order valence-electron chi connectivity index (χ1n) is 5.33. The van der Waals surface area contributed by atoms with Crippen molar-refractivity contribution in [2.45, 2.75) is 13.8 Å². The number of carbonyl (C=O) groups is 3. The number of carbonyl (C=O) groups excluding carboxylic acids is 3. The number of hydrogen-bond donors (Lipinski definition) is 0. The first-order chi connectivity index (χ1) is 7.79. The zero-order valence-electron chi connectivity index (χ0n) is 11.0. The predicted molar refractivity (Wildman–Crippen MR) is 62.1 cm³/mol. The van der Waals surface area contributed by atoms with Gasteiger partial charge in [-0.2, -0.15) is 0 Å². The van der Waals surface area contributed by atoms with Crippen molar-refractivity contribution in [3.05, 3.63) is 0 Å². The standard InChI is InChI=1S/C11H20N2O4/c1-8(11(16)17-5)6-13(4)10(15)7-12(3)9(2)14/h8H,6-7H2,1-5H3. The summed E-state index contributed by atoms with van der Waals surface area (Å²) in [6, 6.07) is 0. The molecule has 0 heterocycles. The molecule has 0 aromatic rings. The molecule has 98 valence electrons. The Morgan fingerprint density at radius 2 is 1.71 bits per heavy atom. The maximum absolute atomic E-state index is 11.7. The van der Waals surface area contributed by atoms with Gasteiger partial charge in [0.15, 0.2) is 0 Å². The molecule has 2 amide bonds. The molecule has 0 N–H and O–H groups in total. The highest BCUT2D eigenvalue weighted by Gasteiger charge is 2.19. The molecule has 0 aromatic heterocycles. The van der Waals surface area contributed by atoms with E-state index in [1.807, 2.05) is 0 Å². The van der Waals surface area contributed by atoms with E-state index in [0.29, 0.717) is 0 Å². The molecule has 0 saturated heterocycles. The molecule has 0 fully saturated rings. The second-order valence-electron chi connectivity index (χ2n) is 4.07. The number of methoxy groups -OCH3 is 1. The van der Waals surface area contributed by atoms with Crippen LogP contribution in [0.5, 0.6) is 0 Å². The molecule has 0 rings (SSSR count). The van der Waals surface area contributed by atoms with E-state index in [-0.39, 0.29) is 36.8 Å². The van der Waals surface area contributed by atoms with Crippen molar-refractivity contribution in [2.75, 3.05) is 34.3 Å². The minimum atomic E-state index is -0.378. The smallest absolute Gasteiger partial charge is 0.310 e. The largest absolute Gasteiger partial charge is 0.469 e. The quantitative estimate of drug-likeness (QED) is 0.624. The number of rotatable bonds is 5. The zero-order chi connectivity index (χ0) is 13.6. The highest BCUT2D eigenvalue weighted by molar-refractivity contribution is 5.84. The maximum Gasteiger partial charge on any atom is 0.310 e. The van der Waals surface area contributed by atoms with Crippen molar-refractivity contribution >= 4 is 17.8 Å². The van der Waals surface area contributed by atoms with Crippen molar-refractivity contribution < 1.29 is 19.1 Å². The van der Waals surface area contributed by atoms with Gasteiger partial charge in [-0.1, -0.05) is 6.92 Å². The molecule has 6 nitrogen and oxygen atoms in total. The van der Waals surface area contributed by atoms with Crippen molar-refractivity contribution in [2.24, 2.45) is 5.92 Å². The van der Waals surface area contributed by atoms with Crippen LogP contribution in [0, 0.1) is 5.92 Å². The van der Waals surface area contributed by atoms with Crippen LogP contribution in [0.1, 0.15) is 13.8 Å². The molecule has 17 heavy (non-hydrogen) atoms. The number of hydrogen-bond acceptors (Lipinski definition) is 4. The average Bonchev–Trinajstić information content (AvgIpc) is 2.27. The molecule has 6 heteroatoms. The molecular weight excluding hydrogens is 224 g/mol. The number of nitrogens with zero attached hydrogens (tertiary/aromatic N) is 2.